The number of carbonyl (C=O) groups excluding carboxylic acids is 2. The number of anilines is 1. The summed E-state index contributed by atoms with van der Waals surface area (Å²) in [5.41, 5.74) is 8.38. The summed E-state index contributed by atoms with van der Waals surface area (Å²) in [5, 5.41) is 7.30. The zero-order valence-electron chi connectivity index (χ0n) is 15.8. The van der Waals surface area contributed by atoms with Gasteiger partial charge in [0.05, 0.1) is 24.2 Å². The first-order chi connectivity index (χ1) is 13.0. The molecule has 1 fully saturated rings. The van der Waals surface area contributed by atoms with Gasteiger partial charge < -0.3 is 15.8 Å². The van der Waals surface area contributed by atoms with Crippen molar-refractivity contribution in [2.75, 3.05) is 18.5 Å². The molecular formula is C20H26N4O3. The Morgan fingerprint density at radius 2 is 2.19 bits per heavy atom. The second-order valence-electron chi connectivity index (χ2n) is 6.85. The van der Waals surface area contributed by atoms with E-state index in [-0.39, 0.29) is 23.7 Å². The van der Waals surface area contributed by atoms with Gasteiger partial charge in [-0.3, -0.25) is 4.79 Å². The van der Waals surface area contributed by atoms with Crippen molar-refractivity contribution in [2.24, 2.45) is 17.6 Å². The molecule has 27 heavy (non-hydrogen) atoms. The second kappa shape index (κ2) is 8.35. The molecule has 0 radical (unpaired) electrons. The van der Waals surface area contributed by atoms with Gasteiger partial charge in [-0.25, -0.2) is 9.48 Å². The van der Waals surface area contributed by atoms with Crippen LogP contribution >= 0.6 is 0 Å². The molecule has 1 aliphatic rings. The van der Waals surface area contributed by atoms with Crippen LogP contribution in [0.1, 0.15) is 42.2 Å². The lowest BCUT2D eigenvalue weighted by molar-refractivity contribution is -0.120. The van der Waals surface area contributed by atoms with E-state index in [2.05, 4.69) is 10.4 Å². The summed E-state index contributed by atoms with van der Waals surface area (Å²) in [4.78, 5) is 24.6. The molecule has 0 unspecified atom stereocenters. The molecule has 3 N–H and O–H groups in total. The summed E-state index contributed by atoms with van der Waals surface area (Å²) in [6.07, 6.45) is 4.44. The Hall–Kier alpha value is -2.67. The summed E-state index contributed by atoms with van der Waals surface area (Å²) in [6, 6.07) is 7.42. The van der Waals surface area contributed by atoms with Crippen LogP contribution in [-0.2, 0) is 9.53 Å². The molecule has 0 bridgehead atoms. The van der Waals surface area contributed by atoms with E-state index in [1.807, 2.05) is 31.2 Å². The SMILES string of the molecule is CCOC(=O)c1cnn(-c2cccc(NC(=O)[C@@H]3CCC[C@@H]3CN)c2)c1C. The highest BCUT2D eigenvalue weighted by Gasteiger charge is 2.31. The standard InChI is InChI=1S/C20H26N4O3/c1-3-27-20(26)18-12-22-24(13(18)2)16-8-5-7-15(10-16)23-19(25)17-9-4-6-14(17)11-21/h5,7-8,10,12,14,17H,3-4,6,9,11,21H2,1-2H3,(H,23,25)/t14-,17-/m1/s1. The summed E-state index contributed by atoms with van der Waals surface area (Å²) >= 11 is 0. The summed E-state index contributed by atoms with van der Waals surface area (Å²) < 4.78 is 6.72. The number of hydrogen-bond donors (Lipinski definition) is 2. The molecule has 0 spiro atoms. The lowest BCUT2D eigenvalue weighted by atomic mass is 9.95. The molecule has 1 aromatic carbocycles. The molecule has 1 aromatic heterocycles. The highest BCUT2D eigenvalue weighted by atomic mass is 16.5. The fourth-order valence-corrected chi connectivity index (χ4v) is 3.69. The number of carbonyl (C=O) groups is 2. The number of nitrogens with two attached hydrogens (primary N) is 1. The van der Waals surface area contributed by atoms with Crippen molar-refractivity contribution in [1.82, 2.24) is 9.78 Å². The first kappa shape index (κ1) is 19.1. The van der Waals surface area contributed by atoms with E-state index < -0.39 is 0 Å². The quantitative estimate of drug-likeness (QED) is 0.762. The summed E-state index contributed by atoms with van der Waals surface area (Å²) in [7, 11) is 0. The van der Waals surface area contributed by atoms with E-state index in [1.54, 1.807) is 11.6 Å². The molecule has 2 atom stereocenters. The predicted molar refractivity (Wildman–Crippen MR) is 103 cm³/mol. The van der Waals surface area contributed by atoms with Crippen LogP contribution in [0.3, 0.4) is 0 Å². The van der Waals surface area contributed by atoms with Gasteiger partial charge in [0.25, 0.3) is 0 Å². The fourth-order valence-electron chi connectivity index (χ4n) is 3.69. The zero-order valence-corrected chi connectivity index (χ0v) is 15.8. The maximum atomic E-state index is 12.6. The van der Waals surface area contributed by atoms with E-state index in [9.17, 15) is 9.59 Å². The largest absolute Gasteiger partial charge is 0.462 e. The lowest BCUT2D eigenvalue weighted by Gasteiger charge is -2.17. The van der Waals surface area contributed by atoms with Crippen molar-refractivity contribution in [3.8, 4) is 5.69 Å². The Labute approximate surface area is 158 Å². The van der Waals surface area contributed by atoms with Gasteiger partial charge in [-0.15, -0.1) is 0 Å². The normalized spacial score (nSPS) is 19.1. The summed E-state index contributed by atoms with van der Waals surface area (Å²) in [6.45, 7) is 4.44. The van der Waals surface area contributed by atoms with Crippen molar-refractivity contribution >= 4 is 17.6 Å². The van der Waals surface area contributed by atoms with E-state index in [0.29, 0.717) is 30.1 Å². The monoisotopic (exact) mass is 370 g/mol. The predicted octanol–water partition coefficient (Wildman–Crippen LogP) is 2.67. The molecule has 144 valence electrons. The van der Waals surface area contributed by atoms with Crippen LogP contribution in [0.2, 0.25) is 0 Å². The number of benzene rings is 1. The second-order valence-corrected chi connectivity index (χ2v) is 6.85. The average molecular weight is 370 g/mol. The van der Waals surface area contributed by atoms with Crippen molar-refractivity contribution in [2.45, 2.75) is 33.1 Å². The highest BCUT2D eigenvalue weighted by Crippen LogP contribution is 2.32. The molecular weight excluding hydrogens is 344 g/mol. The smallest absolute Gasteiger partial charge is 0.341 e. The minimum Gasteiger partial charge on any atom is -0.462 e. The van der Waals surface area contributed by atoms with Gasteiger partial charge >= 0.3 is 5.97 Å². The average Bonchev–Trinajstić information content (AvgIpc) is 3.28. The first-order valence-electron chi connectivity index (χ1n) is 9.38. The van der Waals surface area contributed by atoms with Crippen LogP contribution in [0.25, 0.3) is 5.69 Å². The van der Waals surface area contributed by atoms with Crippen molar-refractivity contribution in [3.63, 3.8) is 0 Å². The molecule has 2 aromatic rings. The Bertz CT molecular complexity index is 830. The third-order valence-corrected chi connectivity index (χ3v) is 5.16. The number of ether oxygens (including phenoxy) is 1. The van der Waals surface area contributed by atoms with E-state index in [1.165, 1.54) is 6.20 Å². The van der Waals surface area contributed by atoms with Crippen molar-refractivity contribution in [1.29, 1.82) is 0 Å². The Balaban J connectivity index is 1.78. The van der Waals surface area contributed by atoms with Gasteiger partial charge in [0.1, 0.15) is 5.56 Å². The number of hydrogen-bond acceptors (Lipinski definition) is 5. The van der Waals surface area contributed by atoms with Gasteiger partial charge in [0, 0.05) is 11.6 Å². The summed E-state index contributed by atoms with van der Waals surface area (Å²) in [5.74, 6) is -0.140. The first-order valence-corrected chi connectivity index (χ1v) is 9.38. The van der Waals surface area contributed by atoms with Crippen molar-refractivity contribution < 1.29 is 14.3 Å². The van der Waals surface area contributed by atoms with Crippen LogP contribution in [0.5, 0.6) is 0 Å². The molecule has 1 heterocycles. The molecule has 1 saturated carbocycles. The Kier molecular flexibility index (Phi) is 5.91. The topological polar surface area (TPSA) is 99.2 Å². The van der Waals surface area contributed by atoms with E-state index in [4.69, 9.17) is 10.5 Å². The maximum Gasteiger partial charge on any atom is 0.341 e. The van der Waals surface area contributed by atoms with Crippen molar-refractivity contribution in [3.05, 3.63) is 41.7 Å². The van der Waals surface area contributed by atoms with Gasteiger partial charge in [-0.1, -0.05) is 12.5 Å². The lowest BCUT2D eigenvalue weighted by Crippen LogP contribution is -2.29. The van der Waals surface area contributed by atoms with Gasteiger partial charge in [-0.05, 0) is 57.4 Å². The van der Waals surface area contributed by atoms with Gasteiger partial charge in [0.15, 0.2) is 0 Å². The number of nitrogens with one attached hydrogen (secondary N) is 1. The Morgan fingerprint density at radius 3 is 2.93 bits per heavy atom. The fraction of sp³-hybridized carbons (Fsp3) is 0.450. The van der Waals surface area contributed by atoms with Crippen LogP contribution in [0, 0.1) is 18.8 Å². The van der Waals surface area contributed by atoms with Gasteiger partial charge in [-0.2, -0.15) is 5.10 Å². The molecule has 7 nitrogen and oxygen atoms in total. The van der Waals surface area contributed by atoms with Crippen LogP contribution in [0.4, 0.5) is 5.69 Å². The minimum atomic E-state index is -0.389. The molecule has 0 aliphatic heterocycles. The highest BCUT2D eigenvalue weighted by molar-refractivity contribution is 5.93. The maximum absolute atomic E-state index is 12.6. The number of nitrogens with zero attached hydrogens (tertiary/aromatic N) is 2. The minimum absolute atomic E-state index is 0.0181. The number of aromatic nitrogens is 2. The van der Waals surface area contributed by atoms with Crippen LogP contribution < -0.4 is 11.1 Å². The molecule has 1 amide bonds. The van der Waals surface area contributed by atoms with Crippen LogP contribution in [0.15, 0.2) is 30.5 Å². The molecule has 7 heteroatoms. The molecule has 0 saturated heterocycles. The van der Waals surface area contributed by atoms with Crippen LogP contribution in [-0.4, -0.2) is 34.8 Å². The van der Waals surface area contributed by atoms with E-state index in [0.717, 1.165) is 24.9 Å². The van der Waals surface area contributed by atoms with Gasteiger partial charge in [0.2, 0.25) is 5.91 Å². The third-order valence-electron chi connectivity index (χ3n) is 5.16. The number of amides is 1. The van der Waals surface area contributed by atoms with E-state index >= 15 is 0 Å². The number of esters is 1. The Morgan fingerprint density at radius 1 is 1.37 bits per heavy atom. The molecule has 3 rings (SSSR count). The number of rotatable bonds is 6. The molecule has 1 aliphatic carbocycles. The third kappa shape index (κ3) is 4.03. The zero-order chi connectivity index (χ0) is 19.4.